The Hall–Kier alpha value is -1.60. The van der Waals surface area contributed by atoms with Crippen LogP contribution in [0.15, 0.2) is 29.2 Å². The molecule has 0 spiro atoms. The highest BCUT2D eigenvalue weighted by atomic mass is 32.2. The van der Waals surface area contributed by atoms with Crippen LogP contribution < -0.4 is 5.73 Å². The fourth-order valence-corrected chi connectivity index (χ4v) is 5.61. The highest BCUT2D eigenvalue weighted by molar-refractivity contribution is 7.89. The van der Waals surface area contributed by atoms with Crippen molar-refractivity contribution in [3.63, 3.8) is 0 Å². The normalized spacial score (nSPS) is 29.2. The van der Waals surface area contributed by atoms with Crippen LogP contribution in [0.5, 0.6) is 0 Å². The first-order valence-electron chi connectivity index (χ1n) is 7.53. The van der Waals surface area contributed by atoms with Gasteiger partial charge in [-0.25, -0.2) is 8.42 Å². The summed E-state index contributed by atoms with van der Waals surface area (Å²) in [4.78, 5) is 11.7. The minimum absolute atomic E-state index is 0.110. The molecule has 0 bridgehead atoms. The van der Waals surface area contributed by atoms with Gasteiger partial charge in [0.25, 0.3) is 0 Å². The smallest absolute Gasteiger partial charge is 0.322 e. The molecule has 0 aromatic heterocycles. The van der Waals surface area contributed by atoms with Gasteiger partial charge in [0.15, 0.2) is 0 Å². The molecule has 1 aliphatic carbocycles. The highest BCUT2D eigenvalue weighted by Crippen LogP contribution is 2.42. The van der Waals surface area contributed by atoms with Crippen molar-refractivity contribution in [1.82, 2.24) is 4.31 Å². The van der Waals surface area contributed by atoms with E-state index in [4.69, 9.17) is 5.73 Å². The van der Waals surface area contributed by atoms with Gasteiger partial charge in [-0.1, -0.05) is 12.8 Å². The van der Waals surface area contributed by atoms with Crippen molar-refractivity contribution < 1.29 is 18.3 Å². The van der Waals surface area contributed by atoms with Gasteiger partial charge in [-0.2, -0.15) is 4.31 Å². The second kappa shape index (κ2) is 5.55. The van der Waals surface area contributed by atoms with Gasteiger partial charge in [0, 0.05) is 11.7 Å². The molecule has 0 radical (unpaired) electrons. The molecule has 6 nitrogen and oxygen atoms in total. The van der Waals surface area contributed by atoms with Crippen LogP contribution in [0, 0.1) is 5.92 Å². The van der Waals surface area contributed by atoms with Gasteiger partial charge >= 0.3 is 5.97 Å². The number of sulfonamides is 1. The van der Waals surface area contributed by atoms with Crippen LogP contribution in [0.2, 0.25) is 0 Å². The Bertz CT molecular complexity index is 671. The van der Waals surface area contributed by atoms with Crippen LogP contribution in [-0.2, 0) is 14.8 Å². The molecule has 2 fully saturated rings. The fourth-order valence-electron chi connectivity index (χ4n) is 3.74. The maximum Gasteiger partial charge on any atom is 0.322 e. The summed E-state index contributed by atoms with van der Waals surface area (Å²) in [5.74, 6) is -0.910. The first-order valence-corrected chi connectivity index (χ1v) is 8.97. The molecular formula is C15H20N2O4S. The summed E-state index contributed by atoms with van der Waals surface area (Å²) in [6.07, 6.45) is 4.05. The second-order valence-electron chi connectivity index (χ2n) is 6.11. The lowest BCUT2D eigenvalue weighted by molar-refractivity contribution is -0.141. The Morgan fingerprint density at radius 3 is 2.45 bits per heavy atom. The Labute approximate surface area is 130 Å². The van der Waals surface area contributed by atoms with Gasteiger partial charge < -0.3 is 10.8 Å². The molecule has 22 heavy (non-hydrogen) atoms. The molecule has 1 heterocycles. The van der Waals surface area contributed by atoms with Crippen molar-refractivity contribution in [2.75, 3.05) is 5.73 Å². The minimum atomic E-state index is -3.82. The van der Waals surface area contributed by atoms with Crippen LogP contribution in [0.1, 0.15) is 32.1 Å². The maximum absolute atomic E-state index is 12.9. The molecule has 1 saturated heterocycles. The predicted octanol–water partition coefficient (Wildman–Crippen LogP) is 1.68. The number of hydrogen-bond donors (Lipinski definition) is 2. The molecule has 3 atom stereocenters. The standard InChI is InChI=1S/C15H20N2O4S/c16-11-5-7-12(8-6-11)22(20,21)17-13-4-2-1-3-10(13)9-14(17)15(18)19/h5-8,10,13-14H,1-4,9,16H2,(H,18,19). The van der Waals surface area contributed by atoms with Gasteiger partial charge in [0.05, 0.1) is 4.90 Å². The summed E-state index contributed by atoms with van der Waals surface area (Å²) in [6, 6.07) is 4.78. The average molecular weight is 324 g/mol. The highest BCUT2D eigenvalue weighted by Gasteiger charge is 2.51. The van der Waals surface area contributed by atoms with Crippen LogP contribution in [-0.4, -0.2) is 35.9 Å². The Morgan fingerprint density at radius 2 is 1.82 bits per heavy atom. The van der Waals surface area contributed by atoms with Gasteiger partial charge in [0.2, 0.25) is 10.0 Å². The molecule has 1 aliphatic heterocycles. The number of aliphatic carboxylic acids is 1. The van der Waals surface area contributed by atoms with Crippen LogP contribution in [0.25, 0.3) is 0 Å². The molecule has 1 aromatic rings. The number of carbonyl (C=O) groups is 1. The van der Waals surface area contributed by atoms with Crippen LogP contribution >= 0.6 is 0 Å². The molecule has 2 aliphatic rings. The van der Waals surface area contributed by atoms with E-state index in [1.807, 2.05) is 0 Å². The first kappa shape index (κ1) is 15.3. The van der Waals surface area contributed by atoms with Crippen molar-refractivity contribution in [2.24, 2.45) is 5.92 Å². The molecule has 3 N–H and O–H groups in total. The van der Waals surface area contributed by atoms with Gasteiger partial charge in [-0.3, -0.25) is 4.79 Å². The summed E-state index contributed by atoms with van der Waals surface area (Å²) in [5, 5.41) is 9.46. The third kappa shape index (κ3) is 2.48. The van der Waals surface area contributed by atoms with Crippen molar-refractivity contribution in [1.29, 1.82) is 0 Å². The number of rotatable bonds is 3. The number of fused-ring (bicyclic) bond motifs is 1. The Morgan fingerprint density at radius 1 is 1.18 bits per heavy atom. The number of hydrogen-bond acceptors (Lipinski definition) is 4. The third-order valence-electron chi connectivity index (χ3n) is 4.77. The summed E-state index contributed by atoms with van der Waals surface area (Å²) in [5.41, 5.74) is 6.08. The maximum atomic E-state index is 12.9. The van der Waals surface area contributed by atoms with E-state index in [9.17, 15) is 18.3 Å². The predicted molar refractivity (Wildman–Crippen MR) is 81.7 cm³/mol. The van der Waals surface area contributed by atoms with Gasteiger partial charge in [-0.15, -0.1) is 0 Å². The van der Waals surface area contributed by atoms with Crippen molar-refractivity contribution in [2.45, 2.75) is 49.1 Å². The number of carboxylic acids is 1. The monoisotopic (exact) mass is 324 g/mol. The fraction of sp³-hybridized carbons (Fsp3) is 0.533. The second-order valence-corrected chi connectivity index (χ2v) is 7.95. The summed E-state index contributed by atoms with van der Waals surface area (Å²) in [6.45, 7) is 0. The SMILES string of the molecule is Nc1ccc(S(=O)(=O)N2C(C(=O)O)CC3CCCCC32)cc1. The van der Waals surface area contributed by atoms with E-state index >= 15 is 0 Å². The number of carboxylic acid groups (broad SMARTS) is 1. The Kier molecular flexibility index (Phi) is 3.86. The zero-order chi connectivity index (χ0) is 15.9. The molecule has 1 saturated carbocycles. The number of anilines is 1. The largest absolute Gasteiger partial charge is 0.480 e. The van der Waals surface area contributed by atoms with E-state index < -0.39 is 22.0 Å². The topological polar surface area (TPSA) is 101 Å². The van der Waals surface area contributed by atoms with E-state index in [0.717, 1.165) is 25.7 Å². The average Bonchev–Trinajstić information content (AvgIpc) is 2.88. The van der Waals surface area contributed by atoms with E-state index in [2.05, 4.69) is 0 Å². The van der Waals surface area contributed by atoms with Crippen molar-refractivity contribution in [3.8, 4) is 0 Å². The molecular weight excluding hydrogens is 304 g/mol. The molecule has 3 unspecified atom stereocenters. The molecule has 3 rings (SSSR count). The summed E-state index contributed by atoms with van der Waals surface area (Å²) < 4.78 is 27.1. The zero-order valence-corrected chi connectivity index (χ0v) is 13.0. The lowest BCUT2D eigenvalue weighted by atomic mass is 9.85. The van der Waals surface area contributed by atoms with E-state index in [0.29, 0.717) is 12.1 Å². The van der Waals surface area contributed by atoms with Gasteiger partial charge in [0.1, 0.15) is 6.04 Å². The van der Waals surface area contributed by atoms with Gasteiger partial charge in [-0.05, 0) is 49.4 Å². The molecule has 120 valence electrons. The summed E-state index contributed by atoms with van der Waals surface area (Å²) in [7, 11) is -3.82. The van der Waals surface area contributed by atoms with E-state index in [-0.39, 0.29) is 16.9 Å². The number of nitrogens with two attached hydrogens (primary N) is 1. The van der Waals surface area contributed by atoms with E-state index in [1.165, 1.54) is 28.6 Å². The van der Waals surface area contributed by atoms with Crippen molar-refractivity contribution in [3.05, 3.63) is 24.3 Å². The summed E-state index contributed by atoms with van der Waals surface area (Å²) >= 11 is 0. The van der Waals surface area contributed by atoms with Crippen LogP contribution in [0.4, 0.5) is 5.69 Å². The van der Waals surface area contributed by atoms with Crippen LogP contribution in [0.3, 0.4) is 0 Å². The number of benzene rings is 1. The molecule has 1 aromatic carbocycles. The quantitative estimate of drug-likeness (QED) is 0.824. The number of nitrogens with zero attached hydrogens (tertiary/aromatic N) is 1. The number of nitrogen functional groups attached to an aromatic ring is 1. The Balaban J connectivity index is 2.01. The lowest BCUT2D eigenvalue weighted by Gasteiger charge is -2.32. The molecule has 7 heteroatoms. The lowest BCUT2D eigenvalue weighted by Crippen LogP contribution is -2.46. The van der Waals surface area contributed by atoms with Crippen molar-refractivity contribution >= 4 is 21.7 Å². The first-order chi connectivity index (χ1) is 10.4. The molecule has 0 amide bonds. The minimum Gasteiger partial charge on any atom is -0.480 e. The third-order valence-corrected chi connectivity index (χ3v) is 6.72. The van der Waals surface area contributed by atoms with E-state index in [1.54, 1.807) is 0 Å². The zero-order valence-electron chi connectivity index (χ0n) is 12.2.